The fourth-order valence-electron chi connectivity index (χ4n) is 7.78. The molecule has 0 fully saturated rings. The number of nitrogens with zero attached hydrogens (tertiary/aromatic N) is 1. The average molecular weight is 791 g/mol. The minimum atomic E-state index is -0.322. The summed E-state index contributed by atoms with van der Waals surface area (Å²) in [5.74, 6) is 0.123. The summed E-state index contributed by atoms with van der Waals surface area (Å²) in [6, 6.07) is 0. The van der Waals surface area contributed by atoms with Crippen molar-refractivity contribution in [3.63, 3.8) is 0 Å². The van der Waals surface area contributed by atoms with E-state index in [4.69, 9.17) is 14.2 Å². The third-order valence-electron chi connectivity index (χ3n) is 10.3. The maximum atomic E-state index is 12.8. The second-order valence-electron chi connectivity index (χ2n) is 18.2. The van der Waals surface area contributed by atoms with Crippen molar-refractivity contribution in [2.75, 3.05) is 47.0 Å². The van der Waals surface area contributed by atoms with Gasteiger partial charge in [-0.2, -0.15) is 0 Å². The summed E-state index contributed by atoms with van der Waals surface area (Å²) in [5, 5.41) is 3.05. The molecule has 1 N–H and O–H groups in total. The Labute approximate surface area is 346 Å². The Morgan fingerprint density at radius 2 is 1.02 bits per heavy atom. The number of esters is 2. The lowest BCUT2D eigenvalue weighted by atomic mass is 9.75. The Morgan fingerprint density at radius 3 is 1.48 bits per heavy atom. The van der Waals surface area contributed by atoms with Crippen LogP contribution >= 0.6 is 0 Å². The molecule has 0 aliphatic heterocycles. The van der Waals surface area contributed by atoms with Gasteiger partial charge in [-0.3, -0.25) is 9.59 Å². The molecule has 0 unspecified atom stereocenters. The number of unbranched alkanes of at least 4 members (excludes halogenated alkanes) is 16. The summed E-state index contributed by atoms with van der Waals surface area (Å²) >= 11 is 0. The maximum Gasteiger partial charge on any atom is 0.407 e. The minimum Gasteiger partial charge on any atom is -0.461 e. The van der Waals surface area contributed by atoms with Crippen LogP contribution in [0.25, 0.3) is 0 Å². The summed E-state index contributed by atoms with van der Waals surface area (Å²) < 4.78 is 16.5. The van der Waals surface area contributed by atoms with Gasteiger partial charge < -0.3 is 24.4 Å². The molecule has 328 valence electrons. The molecule has 8 nitrogen and oxygen atoms in total. The Hall–Kier alpha value is -2.35. The van der Waals surface area contributed by atoms with Crippen molar-refractivity contribution in [1.29, 1.82) is 0 Å². The first-order chi connectivity index (χ1) is 26.8. The normalized spacial score (nSPS) is 12.8. The highest BCUT2D eigenvalue weighted by molar-refractivity contribution is 5.69. The molecule has 0 bridgehead atoms. The van der Waals surface area contributed by atoms with E-state index in [-0.39, 0.29) is 28.9 Å². The fourth-order valence-corrected chi connectivity index (χ4v) is 7.78. The molecule has 0 aromatic carbocycles. The van der Waals surface area contributed by atoms with Crippen LogP contribution in [0.1, 0.15) is 202 Å². The van der Waals surface area contributed by atoms with E-state index < -0.39 is 0 Å². The molecule has 0 radical (unpaired) electrons. The van der Waals surface area contributed by atoms with Gasteiger partial charge in [0.05, 0.1) is 6.61 Å². The lowest BCUT2D eigenvalue weighted by Crippen LogP contribution is -2.40. The Kier molecular flexibility index (Phi) is 34.3. The number of carbonyl (C=O) groups excluding carboxylic acids is 3. The highest BCUT2D eigenvalue weighted by Gasteiger charge is 2.30. The number of rotatable bonds is 38. The summed E-state index contributed by atoms with van der Waals surface area (Å²) in [5.41, 5.74) is 0.103. The molecule has 0 rings (SSSR count). The number of nitrogens with one attached hydrogen (secondary N) is 1. The monoisotopic (exact) mass is 791 g/mol. The second kappa shape index (κ2) is 35.8. The molecular weight excluding hydrogens is 701 g/mol. The van der Waals surface area contributed by atoms with Crippen molar-refractivity contribution in [1.82, 2.24) is 10.2 Å². The number of hydrogen-bond acceptors (Lipinski definition) is 7. The lowest BCUT2D eigenvalue weighted by Gasteiger charge is -2.36. The van der Waals surface area contributed by atoms with Gasteiger partial charge in [-0.25, -0.2) is 4.79 Å². The van der Waals surface area contributed by atoms with Gasteiger partial charge >= 0.3 is 18.0 Å². The topological polar surface area (TPSA) is 94.2 Å². The molecule has 0 saturated carbocycles. The van der Waals surface area contributed by atoms with Crippen molar-refractivity contribution in [3.05, 3.63) is 24.3 Å². The number of alkyl carbamates (subject to hydrolysis) is 1. The number of amides is 1. The van der Waals surface area contributed by atoms with Crippen molar-refractivity contribution in [3.8, 4) is 0 Å². The first kappa shape index (κ1) is 53.6. The van der Waals surface area contributed by atoms with Crippen LogP contribution in [0.3, 0.4) is 0 Å². The van der Waals surface area contributed by atoms with Gasteiger partial charge in [0.25, 0.3) is 0 Å². The third kappa shape index (κ3) is 37.2. The smallest absolute Gasteiger partial charge is 0.407 e. The van der Waals surface area contributed by atoms with E-state index in [9.17, 15) is 14.4 Å². The standard InChI is InChI=1S/C48H90N2O6/c1-9-11-13-15-17-25-31-37-54-44(51)35-29-23-19-21-27-33-43(39-56-46(53)49-41-47(3,4)40-48(5,6)42-50(7)8)34-28-22-20-24-30-36-45(52)55-38-32-26-18-16-14-12-10-2/h25-26,31-32,43H,9-24,27-30,33-42H2,1-8H3,(H,49,53). The van der Waals surface area contributed by atoms with E-state index >= 15 is 0 Å². The van der Waals surface area contributed by atoms with E-state index in [1.807, 2.05) is 12.2 Å². The Balaban J connectivity index is 4.54. The van der Waals surface area contributed by atoms with Gasteiger partial charge in [-0.1, -0.05) is 156 Å². The third-order valence-corrected chi connectivity index (χ3v) is 10.3. The first-order valence-corrected chi connectivity index (χ1v) is 23.0. The van der Waals surface area contributed by atoms with E-state index in [0.717, 1.165) is 103 Å². The van der Waals surface area contributed by atoms with Gasteiger partial charge in [0.15, 0.2) is 0 Å². The number of ether oxygens (including phenoxy) is 3. The SMILES string of the molecule is CCCCCCC=CCOC(=O)CCCCCCCC(CCCCCCCC(=O)OCC=CCCCCCC)COC(=O)NCC(C)(C)CC(C)(C)CN(C)C. The number of hydrogen-bond donors (Lipinski definition) is 1. The van der Waals surface area contributed by atoms with Crippen LogP contribution in [0.5, 0.6) is 0 Å². The maximum absolute atomic E-state index is 12.8. The Bertz CT molecular complexity index is 969. The lowest BCUT2D eigenvalue weighted by molar-refractivity contribution is -0.143. The predicted molar refractivity (Wildman–Crippen MR) is 236 cm³/mol. The van der Waals surface area contributed by atoms with Gasteiger partial charge in [-0.15, -0.1) is 0 Å². The Morgan fingerprint density at radius 1 is 0.571 bits per heavy atom. The van der Waals surface area contributed by atoms with Gasteiger partial charge in [0, 0.05) is 25.9 Å². The zero-order chi connectivity index (χ0) is 41.8. The van der Waals surface area contributed by atoms with Crippen molar-refractivity contribution in [2.45, 2.75) is 202 Å². The van der Waals surface area contributed by atoms with E-state index in [0.29, 0.717) is 45.1 Å². The van der Waals surface area contributed by atoms with Crippen LogP contribution < -0.4 is 5.32 Å². The molecule has 56 heavy (non-hydrogen) atoms. The van der Waals surface area contributed by atoms with Crippen molar-refractivity contribution < 1.29 is 28.6 Å². The van der Waals surface area contributed by atoms with Gasteiger partial charge in [0.1, 0.15) is 13.2 Å². The van der Waals surface area contributed by atoms with Crippen LogP contribution in [0.4, 0.5) is 4.79 Å². The van der Waals surface area contributed by atoms with Crippen molar-refractivity contribution >= 4 is 18.0 Å². The average Bonchev–Trinajstić information content (AvgIpc) is 3.12. The van der Waals surface area contributed by atoms with Gasteiger partial charge in [0.2, 0.25) is 0 Å². The molecule has 0 spiro atoms. The van der Waals surface area contributed by atoms with Gasteiger partial charge in [-0.05, 0) is 88.6 Å². The predicted octanol–water partition coefficient (Wildman–Crippen LogP) is 12.9. The molecular formula is C48H90N2O6. The minimum absolute atomic E-state index is 0.0411. The molecule has 8 heteroatoms. The highest BCUT2D eigenvalue weighted by atomic mass is 16.5. The molecule has 0 atom stereocenters. The van der Waals surface area contributed by atoms with Crippen LogP contribution in [0.2, 0.25) is 0 Å². The van der Waals surface area contributed by atoms with Crippen LogP contribution in [0, 0.1) is 16.7 Å². The molecule has 0 aliphatic carbocycles. The van der Waals surface area contributed by atoms with Crippen molar-refractivity contribution in [2.24, 2.45) is 16.7 Å². The van der Waals surface area contributed by atoms with E-state index in [1.54, 1.807) is 0 Å². The van der Waals surface area contributed by atoms with E-state index in [2.05, 4.69) is 78.0 Å². The van der Waals surface area contributed by atoms with Crippen LogP contribution in [0.15, 0.2) is 24.3 Å². The second-order valence-corrected chi connectivity index (χ2v) is 18.2. The quantitative estimate of drug-likeness (QED) is 0.0288. The number of allylic oxidation sites excluding steroid dienone is 2. The zero-order valence-electron chi connectivity index (χ0n) is 38.0. The molecule has 0 heterocycles. The van der Waals surface area contributed by atoms with Crippen LogP contribution in [-0.2, 0) is 23.8 Å². The molecule has 0 aromatic heterocycles. The number of carbonyl (C=O) groups is 3. The largest absolute Gasteiger partial charge is 0.461 e. The van der Waals surface area contributed by atoms with Crippen LogP contribution in [-0.4, -0.2) is 69.9 Å². The molecule has 1 amide bonds. The fraction of sp³-hybridized carbons (Fsp3) is 0.854. The summed E-state index contributed by atoms with van der Waals surface area (Å²) in [4.78, 5) is 39.2. The zero-order valence-corrected chi connectivity index (χ0v) is 38.0. The summed E-state index contributed by atoms with van der Waals surface area (Å²) in [7, 11) is 4.21. The molecule has 0 aromatic rings. The summed E-state index contributed by atoms with van der Waals surface area (Å²) in [6.45, 7) is 16.2. The molecule has 0 saturated heterocycles. The first-order valence-electron chi connectivity index (χ1n) is 23.0. The summed E-state index contributed by atoms with van der Waals surface area (Å²) in [6.07, 6.45) is 34.4. The highest BCUT2D eigenvalue weighted by Crippen LogP contribution is 2.33. The molecule has 0 aliphatic rings. The van der Waals surface area contributed by atoms with E-state index in [1.165, 1.54) is 51.4 Å².